The van der Waals surface area contributed by atoms with Crippen LogP contribution in [0.1, 0.15) is 61.0 Å². The van der Waals surface area contributed by atoms with Gasteiger partial charge in [-0.25, -0.2) is 0 Å². The van der Waals surface area contributed by atoms with E-state index in [-0.39, 0.29) is 11.9 Å². The fourth-order valence-electron chi connectivity index (χ4n) is 7.34. The molecule has 0 saturated carbocycles. The minimum atomic E-state index is -0.0498. The molecule has 0 radical (unpaired) electrons. The average Bonchev–Trinajstić information content (AvgIpc) is 3.62. The van der Waals surface area contributed by atoms with Crippen molar-refractivity contribution in [2.45, 2.75) is 63.6 Å². The fraction of sp³-hybridized carbons (Fsp3) is 0.485. The number of aromatic amines is 1. The van der Waals surface area contributed by atoms with E-state index in [0.29, 0.717) is 17.3 Å². The van der Waals surface area contributed by atoms with Crippen LogP contribution in [0.15, 0.2) is 53.1 Å². The number of piperidine rings is 3. The van der Waals surface area contributed by atoms with Crippen LogP contribution in [0.5, 0.6) is 5.75 Å². The van der Waals surface area contributed by atoms with E-state index in [1.165, 1.54) is 51.7 Å². The van der Waals surface area contributed by atoms with Gasteiger partial charge in [-0.3, -0.25) is 4.79 Å². The van der Waals surface area contributed by atoms with Crippen molar-refractivity contribution in [1.29, 1.82) is 0 Å². The van der Waals surface area contributed by atoms with Crippen LogP contribution in [0, 0.1) is 5.92 Å². The molecular weight excluding hydrogens is 536 g/mol. The summed E-state index contributed by atoms with van der Waals surface area (Å²) in [7, 11) is 0. The molecular formula is C33H39ClN4O3. The van der Waals surface area contributed by atoms with Gasteiger partial charge in [-0.1, -0.05) is 24.1 Å². The van der Waals surface area contributed by atoms with Gasteiger partial charge in [0.15, 0.2) is 0 Å². The minimum Gasteiger partial charge on any atom is -0.488 e. The molecule has 8 heteroatoms. The smallest absolute Gasteiger partial charge is 0.267 e. The summed E-state index contributed by atoms with van der Waals surface area (Å²) in [6.45, 7) is 6.28. The molecule has 3 aliphatic heterocycles. The highest BCUT2D eigenvalue weighted by molar-refractivity contribution is 6.31. The summed E-state index contributed by atoms with van der Waals surface area (Å²) in [6, 6.07) is 14.3. The van der Waals surface area contributed by atoms with Gasteiger partial charge in [-0.2, -0.15) is 0 Å². The van der Waals surface area contributed by atoms with Crippen molar-refractivity contribution in [3.63, 3.8) is 0 Å². The third kappa shape index (κ3) is 5.72. The van der Waals surface area contributed by atoms with Crippen molar-refractivity contribution in [3.8, 4) is 5.75 Å². The maximum absolute atomic E-state index is 13.2. The lowest BCUT2D eigenvalue weighted by molar-refractivity contribution is 0.0351. The molecule has 2 atom stereocenters. The number of benzene rings is 2. The predicted octanol–water partition coefficient (Wildman–Crippen LogP) is 6.61. The Morgan fingerprint density at radius 2 is 1.88 bits per heavy atom. The predicted molar refractivity (Wildman–Crippen MR) is 163 cm³/mol. The first-order valence-corrected chi connectivity index (χ1v) is 15.7. The Balaban J connectivity index is 0.951. The zero-order valence-electron chi connectivity index (χ0n) is 23.5. The number of nitrogens with zero attached hydrogens (tertiary/aromatic N) is 2. The lowest BCUT2D eigenvalue weighted by Gasteiger charge is -2.46. The molecule has 41 heavy (non-hydrogen) atoms. The molecule has 0 aliphatic carbocycles. The first kappa shape index (κ1) is 26.9. The number of carbonyl (C=O) groups is 1. The van der Waals surface area contributed by atoms with E-state index < -0.39 is 0 Å². The van der Waals surface area contributed by atoms with Crippen LogP contribution in [-0.2, 0) is 6.61 Å². The molecule has 2 aromatic carbocycles. The average molecular weight is 575 g/mol. The van der Waals surface area contributed by atoms with Crippen LogP contribution >= 0.6 is 11.6 Å². The van der Waals surface area contributed by atoms with Crippen LogP contribution in [-0.4, -0.2) is 65.5 Å². The van der Waals surface area contributed by atoms with E-state index in [4.69, 9.17) is 20.8 Å². The molecule has 3 aliphatic rings. The third-order valence-corrected chi connectivity index (χ3v) is 9.75. The quantitative estimate of drug-likeness (QED) is 0.260. The number of hydrogen-bond acceptors (Lipinski definition) is 5. The number of aromatic nitrogens is 1. The van der Waals surface area contributed by atoms with E-state index in [9.17, 15) is 4.79 Å². The number of carbonyl (C=O) groups excluding carboxylic acids is 1. The zero-order valence-corrected chi connectivity index (χ0v) is 24.3. The van der Waals surface area contributed by atoms with Crippen LogP contribution in [0.3, 0.4) is 0 Å². The maximum Gasteiger partial charge on any atom is 0.267 e. The van der Waals surface area contributed by atoms with Gasteiger partial charge in [-0.15, -0.1) is 0 Å². The van der Waals surface area contributed by atoms with Crippen molar-refractivity contribution < 1.29 is 13.9 Å². The summed E-state index contributed by atoms with van der Waals surface area (Å²) in [6.07, 6.45) is 10.6. The van der Waals surface area contributed by atoms with Crippen LogP contribution in [0.2, 0.25) is 5.02 Å². The van der Waals surface area contributed by atoms with Crippen LogP contribution < -0.4 is 10.1 Å². The van der Waals surface area contributed by atoms with Gasteiger partial charge in [0.05, 0.1) is 6.26 Å². The van der Waals surface area contributed by atoms with Crippen molar-refractivity contribution in [2.24, 2.45) is 5.92 Å². The number of fused-ring (bicyclic) bond motifs is 3. The van der Waals surface area contributed by atoms with Gasteiger partial charge >= 0.3 is 0 Å². The lowest BCUT2D eigenvalue weighted by atomic mass is 9.83. The van der Waals surface area contributed by atoms with E-state index in [1.807, 2.05) is 42.5 Å². The molecule has 0 bridgehead atoms. The normalized spacial score (nSPS) is 22.7. The van der Waals surface area contributed by atoms with Gasteiger partial charge in [0.2, 0.25) is 0 Å². The molecule has 5 heterocycles. The van der Waals surface area contributed by atoms with E-state index in [0.717, 1.165) is 71.1 Å². The number of halogens is 1. The minimum absolute atomic E-state index is 0.0498. The number of ether oxygens (including phenoxy) is 1. The number of amides is 1. The van der Waals surface area contributed by atoms with Crippen molar-refractivity contribution >= 4 is 39.4 Å². The molecule has 7 nitrogen and oxygen atoms in total. The Hall–Kier alpha value is -3.00. The van der Waals surface area contributed by atoms with Gasteiger partial charge in [0.1, 0.15) is 23.6 Å². The van der Waals surface area contributed by atoms with Gasteiger partial charge < -0.3 is 29.3 Å². The highest BCUT2D eigenvalue weighted by atomic mass is 35.5. The molecule has 3 fully saturated rings. The van der Waals surface area contributed by atoms with Crippen LogP contribution in [0.4, 0.5) is 0 Å². The van der Waals surface area contributed by atoms with E-state index in [1.54, 1.807) is 6.26 Å². The van der Waals surface area contributed by atoms with Crippen molar-refractivity contribution in [2.75, 3.05) is 32.7 Å². The molecule has 4 aromatic rings. The number of H-pyrrole nitrogens is 1. The molecule has 2 aromatic heterocycles. The Kier molecular flexibility index (Phi) is 7.67. The number of hydrogen-bond donors (Lipinski definition) is 2. The van der Waals surface area contributed by atoms with Gasteiger partial charge in [0, 0.05) is 58.6 Å². The number of nitrogens with one attached hydrogen (secondary N) is 2. The summed E-state index contributed by atoms with van der Waals surface area (Å²) < 4.78 is 11.8. The Morgan fingerprint density at radius 1 is 1.00 bits per heavy atom. The Bertz CT molecular complexity index is 1520. The highest BCUT2D eigenvalue weighted by Gasteiger charge is 2.34. The summed E-state index contributed by atoms with van der Waals surface area (Å²) in [5.74, 6) is 1.48. The second kappa shape index (κ2) is 11.7. The van der Waals surface area contributed by atoms with Crippen molar-refractivity contribution in [3.05, 3.63) is 65.0 Å². The van der Waals surface area contributed by atoms with Crippen LogP contribution in [0.25, 0.3) is 21.9 Å². The Morgan fingerprint density at radius 3 is 2.78 bits per heavy atom. The largest absolute Gasteiger partial charge is 0.488 e. The summed E-state index contributed by atoms with van der Waals surface area (Å²) in [5.41, 5.74) is 3.16. The van der Waals surface area contributed by atoms with E-state index >= 15 is 0 Å². The Labute approximate surface area is 246 Å². The second-order valence-corrected chi connectivity index (χ2v) is 12.6. The second-order valence-electron chi connectivity index (χ2n) is 12.1. The molecule has 7 rings (SSSR count). The first-order chi connectivity index (χ1) is 20.1. The molecule has 216 valence electrons. The van der Waals surface area contributed by atoms with E-state index in [2.05, 4.69) is 20.1 Å². The molecule has 0 spiro atoms. The molecule has 1 amide bonds. The number of furan rings is 1. The van der Waals surface area contributed by atoms with Crippen molar-refractivity contribution in [1.82, 2.24) is 20.1 Å². The maximum atomic E-state index is 13.2. The molecule has 2 N–H and O–H groups in total. The standard InChI is InChI=1S/C33H39ClN4O3/c34-24-9-10-32-26(17-24)23(21-41-32)20-40-31-8-3-6-28-27(31)18-29(36-28)33(39)35-25-11-15-37(16-12-25)19-22-5-4-14-38-13-2-1-7-30(22)38/h3,6,8-10,17-18,21-22,25,30,36H,1-2,4-5,7,11-16,19-20H2,(H,35,39)/t22-,30?/m0/s1. The SMILES string of the molecule is O=C(NC1CCN(C[C@@H]2CCCN3CCCCC23)CC1)c1cc2c(OCc3coc4ccc(Cl)cc34)cccc2[nH]1. The van der Waals surface area contributed by atoms with Gasteiger partial charge in [0.25, 0.3) is 5.91 Å². The monoisotopic (exact) mass is 574 g/mol. The van der Waals surface area contributed by atoms with Gasteiger partial charge in [-0.05, 0) is 93.9 Å². The zero-order chi connectivity index (χ0) is 27.8. The summed E-state index contributed by atoms with van der Waals surface area (Å²) in [5, 5.41) is 5.79. The third-order valence-electron chi connectivity index (χ3n) is 9.51. The topological polar surface area (TPSA) is 73.7 Å². The molecule has 1 unspecified atom stereocenters. The first-order valence-electron chi connectivity index (χ1n) is 15.3. The number of rotatable bonds is 7. The number of likely N-dealkylation sites (tertiary alicyclic amines) is 1. The molecule has 3 saturated heterocycles. The highest BCUT2D eigenvalue weighted by Crippen LogP contribution is 2.33. The fourth-order valence-corrected chi connectivity index (χ4v) is 7.51. The summed E-state index contributed by atoms with van der Waals surface area (Å²) in [4.78, 5) is 22.0. The lowest BCUT2D eigenvalue weighted by Crippen LogP contribution is -2.52. The summed E-state index contributed by atoms with van der Waals surface area (Å²) >= 11 is 6.19.